The largest absolute Gasteiger partial charge is 0.344 e. The van der Waals surface area contributed by atoms with Crippen LogP contribution in [0.3, 0.4) is 0 Å². The summed E-state index contributed by atoms with van der Waals surface area (Å²) in [5.74, 6) is 0. The molecule has 4 nitrogen and oxygen atoms in total. The van der Waals surface area contributed by atoms with Gasteiger partial charge < -0.3 is 10.6 Å². The third-order valence-electron chi connectivity index (χ3n) is 2.88. The van der Waals surface area contributed by atoms with E-state index < -0.39 is 0 Å². The molecule has 0 saturated heterocycles. The molecule has 0 spiro atoms. The summed E-state index contributed by atoms with van der Waals surface area (Å²) in [6.45, 7) is 3.78. The zero-order chi connectivity index (χ0) is 10.7. The van der Waals surface area contributed by atoms with Gasteiger partial charge in [-0.25, -0.2) is 0 Å². The average molecular weight is 226 g/mol. The Balaban J connectivity index is 2.03. The minimum Gasteiger partial charge on any atom is -0.344 e. The highest BCUT2D eigenvalue weighted by molar-refractivity contribution is 7.15. The van der Waals surface area contributed by atoms with Crippen molar-refractivity contribution in [3.05, 3.63) is 5.01 Å². The fraction of sp³-hybridized carbons (Fsp3) is 0.800. The smallest absolute Gasteiger partial charge is 0.208 e. The molecule has 1 aromatic heterocycles. The van der Waals surface area contributed by atoms with Crippen molar-refractivity contribution >= 4 is 16.5 Å². The van der Waals surface area contributed by atoms with Gasteiger partial charge in [-0.3, -0.25) is 0 Å². The number of nitrogens with zero attached hydrogens (tertiary/aromatic N) is 3. The van der Waals surface area contributed by atoms with E-state index in [4.69, 9.17) is 5.73 Å². The molecular weight excluding hydrogens is 208 g/mol. The van der Waals surface area contributed by atoms with Crippen molar-refractivity contribution < 1.29 is 0 Å². The molecule has 2 rings (SSSR count). The van der Waals surface area contributed by atoms with Gasteiger partial charge in [0, 0.05) is 12.6 Å². The molecule has 0 bridgehead atoms. The van der Waals surface area contributed by atoms with Gasteiger partial charge in [0.15, 0.2) is 0 Å². The highest BCUT2D eigenvalue weighted by atomic mass is 32.1. The van der Waals surface area contributed by atoms with Crippen LogP contribution in [-0.4, -0.2) is 29.3 Å². The van der Waals surface area contributed by atoms with Crippen LogP contribution in [0.15, 0.2) is 0 Å². The minimum absolute atomic E-state index is 0.684. The lowest BCUT2D eigenvalue weighted by Crippen LogP contribution is -2.41. The van der Waals surface area contributed by atoms with E-state index in [0.717, 1.165) is 29.6 Å². The van der Waals surface area contributed by atoms with Crippen LogP contribution in [0, 0.1) is 6.92 Å². The van der Waals surface area contributed by atoms with Crippen molar-refractivity contribution in [2.24, 2.45) is 5.73 Å². The lowest BCUT2D eigenvalue weighted by Gasteiger charge is -2.37. The van der Waals surface area contributed by atoms with Crippen LogP contribution in [0.25, 0.3) is 0 Å². The van der Waals surface area contributed by atoms with Crippen LogP contribution < -0.4 is 10.6 Å². The standard InChI is InChI=1S/C10H18N4S/c1-8-12-13-10(15-8)14(7-3-6-11)9-4-2-5-9/h9H,2-7,11H2,1H3. The first-order valence-electron chi connectivity index (χ1n) is 5.58. The highest BCUT2D eigenvalue weighted by Crippen LogP contribution is 2.31. The summed E-state index contributed by atoms with van der Waals surface area (Å²) in [7, 11) is 0. The second-order valence-corrected chi connectivity index (χ2v) is 5.18. The highest BCUT2D eigenvalue weighted by Gasteiger charge is 2.26. The fourth-order valence-corrected chi connectivity index (χ4v) is 2.58. The van der Waals surface area contributed by atoms with Gasteiger partial charge in [0.2, 0.25) is 5.13 Å². The van der Waals surface area contributed by atoms with Crippen molar-refractivity contribution in [1.82, 2.24) is 10.2 Å². The van der Waals surface area contributed by atoms with Gasteiger partial charge in [-0.05, 0) is 39.2 Å². The molecule has 5 heteroatoms. The molecule has 0 unspecified atom stereocenters. The summed E-state index contributed by atoms with van der Waals surface area (Å²) in [5, 5.41) is 10.4. The summed E-state index contributed by atoms with van der Waals surface area (Å²) in [6, 6.07) is 0.684. The molecule has 0 atom stereocenters. The zero-order valence-corrected chi connectivity index (χ0v) is 9.96. The van der Waals surface area contributed by atoms with Crippen LogP contribution in [0.2, 0.25) is 0 Å². The van der Waals surface area contributed by atoms with Crippen LogP contribution in [0.5, 0.6) is 0 Å². The van der Waals surface area contributed by atoms with Crippen LogP contribution in [-0.2, 0) is 0 Å². The molecule has 1 saturated carbocycles. The maximum atomic E-state index is 5.56. The van der Waals surface area contributed by atoms with E-state index in [1.165, 1.54) is 19.3 Å². The maximum absolute atomic E-state index is 5.56. The van der Waals surface area contributed by atoms with Gasteiger partial charge in [0.05, 0.1) is 0 Å². The van der Waals surface area contributed by atoms with Gasteiger partial charge in [0.25, 0.3) is 0 Å². The zero-order valence-electron chi connectivity index (χ0n) is 9.15. The quantitative estimate of drug-likeness (QED) is 0.827. The molecule has 15 heavy (non-hydrogen) atoms. The lowest BCUT2D eigenvalue weighted by atomic mass is 9.92. The Kier molecular flexibility index (Phi) is 3.53. The molecule has 1 fully saturated rings. The van der Waals surface area contributed by atoms with E-state index in [2.05, 4.69) is 15.1 Å². The van der Waals surface area contributed by atoms with Crippen molar-refractivity contribution in [2.75, 3.05) is 18.0 Å². The molecule has 0 radical (unpaired) electrons. The summed E-state index contributed by atoms with van der Waals surface area (Å²) in [6.07, 6.45) is 4.98. The Labute approximate surface area is 94.5 Å². The van der Waals surface area contributed by atoms with E-state index in [1.54, 1.807) is 11.3 Å². The van der Waals surface area contributed by atoms with Crippen molar-refractivity contribution in [2.45, 2.75) is 38.6 Å². The third-order valence-corrected chi connectivity index (χ3v) is 3.76. The maximum Gasteiger partial charge on any atom is 0.208 e. The average Bonchev–Trinajstić information content (AvgIpc) is 2.56. The minimum atomic E-state index is 0.684. The Morgan fingerprint density at radius 1 is 1.47 bits per heavy atom. The second kappa shape index (κ2) is 4.90. The van der Waals surface area contributed by atoms with E-state index in [9.17, 15) is 0 Å². The van der Waals surface area contributed by atoms with Gasteiger partial charge in [-0.2, -0.15) is 0 Å². The van der Waals surface area contributed by atoms with Crippen molar-refractivity contribution in [3.63, 3.8) is 0 Å². The third kappa shape index (κ3) is 2.46. The number of aryl methyl sites for hydroxylation is 1. The monoisotopic (exact) mass is 226 g/mol. The number of anilines is 1. The van der Waals surface area contributed by atoms with Gasteiger partial charge in [-0.1, -0.05) is 11.3 Å². The predicted octanol–water partition coefficient (Wildman–Crippen LogP) is 1.55. The van der Waals surface area contributed by atoms with Crippen LogP contribution >= 0.6 is 11.3 Å². The molecule has 84 valence electrons. The van der Waals surface area contributed by atoms with E-state index >= 15 is 0 Å². The number of nitrogens with two attached hydrogens (primary N) is 1. The van der Waals surface area contributed by atoms with Crippen molar-refractivity contribution in [3.8, 4) is 0 Å². The van der Waals surface area contributed by atoms with Gasteiger partial charge in [-0.15, -0.1) is 10.2 Å². The SMILES string of the molecule is Cc1nnc(N(CCCN)C2CCC2)s1. The summed E-state index contributed by atoms with van der Waals surface area (Å²) >= 11 is 1.69. The molecule has 1 aliphatic rings. The second-order valence-electron chi connectivity index (χ2n) is 4.02. The van der Waals surface area contributed by atoms with E-state index in [1.807, 2.05) is 6.92 Å². The fourth-order valence-electron chi connectivity index (χ4n) is 1.80. The molecular formula is C10H18N4S. The lowest BCUT2D eigenvalue weighted by molar-refractivity contribution is 0.384. The molecule has 0 aromatic carbocycles. The molecule has 1 aromatic rings. The Bertz CT molecular complexity index is 308. The van der Waals surface area contributed by atoms with E-state index in [0.29, 0.717) is 6.04 Å². The normalized spacial score (nSPS) is 16.4. The Hall–Kier alpha value is -0.680. The topological polar surface area (TPSA) is 55.0 Å². The molecule has 2 N–H and O–H groups in total. The number of rotatable bonds is 5. The van der Waals surface area contributed by atoms with Gasteiger partial charge >= 0.3 is 0 Å². The van der Waals surface area contributed by atoms with Gasteiger partial charge in [0.1, 0.15) is 5.01 Å². The Morgan fingerprint density at radius 2 is 2.27 bits per heavy atom. The van der Waals surface area contributed by atoms with Crippen molar-refractivity contribution in [1.29, 1.82) is 0 Å². The molecule has 0 aliphatic heterocycles. The summed E-state index contributed by atoms with van der Waals surface area (Å²) in [4.78, 5) is 2.39. The number of aromatic nitrogens is 2. The first kappa shape index (κ1) is 10.8. The summed E-state index contributed by atoms with van der Waals surface area (Å²) in [5.41, 5.74) is 5.56. The first-order valence-corrected chi connectivity index (χ1v) is 6.39. The number of hydrogen-bond acceptors (Lipinski definition) is 5. The predicted molar refractivity (Wildman–Crippen MR) is 63.3 cm³/mol. The molecule has 1 aliphatic carbocycles. The molecule has 0 amide bonds. The Morgan fingerprint density at radius 3 is 2.73 bits per heavy atom. The summed E-state index contributed by atoms with van der Waals surface area (Å²) < 4.78 is 0. The number of hydrogen-bond donors (Lipinski definition) is 1. The molecule has 1 heterocycles. The first-order chi connectivity index (χ1) is 7.31. The van der Waals surface area contributed by atoms with Crippen LogP contribution in [0.1, 0.15) is 30.7 Å². The van der Waals surface area contributed by atoms with E-state index in [-0.39, 0.29) is 0 Å². The van der Waals surface area contributed by atoms with Crippen LogP contribution in [0.4, 0.5) is 5.13 Å².